The Morgan fingerprint density at radius 1 is 1.09 bits per heavy atom. The summed E-state index contributed by atoms with van der Waals surface area (Å²) in [5.41, 5.74) is 4.23. The summed E-state index contributed by atoms with van der Waals surface area (Å²) >= 11 is 0. The first-order chi connectivity index (χ1) is 11.0. The minimum Gasteiger partial charge on any atom is -0.292 e. The van der Waals surface area contributed by atoms with Gasteiger partial charge in [-0.25, -0.2) is 0 Å². The SMILES string of the molecule is O=C(NNc1ccc([N+](=O)[O-])cc1[N+](=O)[O-])C1[C@@H]2CCCC[C@@H]12. The van der Waals surface area contributed by atoms with E-state index in [4.69, 9.17) is 0 Å². The second kappa shape index (κ2) is 5.82. The number of non-ortho nitro benzene ring substituents is 1. The number of nitro groups is 2. The van der Waals surface area contributed by atoms with Gasteiger partial charge in [0.15, 0.2) is 0 Å². The molecule has 0 aromatic heterocycles. The van der Waals surface area contributed by atoms with E-state index in [1.807, 2.05) is 0 Å². The van der Waals surface area contributed by atoms with Crippen LogP contribution in [0.4, 0.5) is 17.1 Å². The minimum atomic E-state index is -0.724. The number of nitrogens with one attached hydrogen (secondary N) is 2. The standard InChI is InChI=1S/C14H16N4O5/c19-14(13-9-3-1-2-4-10(9)13)16-15-11-6-5-8(17(20)21)7-12(11)18(22)23/h5-7,9-10,13,15H,1-4H2,(H,16,19)/t9-,10-/m1/s1. The summed E-state index contributed by atoms with van der Waals surface area (Å²) in [4.78, 5) is 32.4. The number of carbonyl (C=O) groups excluding carboxylic acids is 1. The van der Waals surface area contributed by atoms with Crippen LogP contribution in [0, 0.1) is 38.0 Å². The van der Waals surface area contributed by atoms with Crippen LogP contribution in [-0.4, -0.2) is 15.8 Å². The first-order valence-corrected chi connectivity index (χ1v) is 7.47. The maximum Gasteiger partial charge on any atom is 0.300 e. The molecule has 122 valence electrons. The van der Waals surface area contributed by atoms with Crippen molar-refractivity contribution >= 4 is 23.0 Å². The van der Waals surface area contributed by atoms with Gasteiger partial charge < -0.3 is 0 Å². The van der Waals surface area contributed by atoms with Crippen molar-refractivity contribution in [3.63, 3.8) is 0 Å². The van der Waals surface area contributed by atoms with Gasteiger partial charge in [0.05, 0.1) is 15.9 Å². The lowest BCUT2D eigenvalue weighted by Crippen LogP contribution is -2.31. The Bertz CT molecular complexity index is 665. The molecule has 2 N–H and O–H groups in total. The van der Waals surface area contributed by atoms with Crippen LogP contribution in [0.15, 0.2) is 18.2 Å². The van der Waals surface area contributed by atoms with Crippen molar-refractivity contribution in [2.45, 2.75) is 25.7 Å². The summed E-state index contributed by atoms with van der Waals surface area (Å²) in [5.74, 6) is 0.659. The van der Waals surface area contributed by atoms with Gasteiger partial charge in [-0.2, -0.15) is 0 Å². The predicted octanol–water partition coefficient (Wildman–Crippen LogP) is 2.38. The van der Waals surface area contributed by atoms with Crippen molar-refractivity contribution in [1.82, 2.24) is 5.43 Å². The van der Waals surface area contributed by atoms with Gasteiger partial charge in [0, 0.05) is 12.0 Å². The molecule has 0 spiro atoms. The highest BCUT2D eigenvalue weighted by Gasteiger charge is 2.54. The monoisotopic (exact) mass is 320 g/mol. The quantitative estimate of drug-likeness (QED) is 0.633. The Morgan fingerprint density at radius 3 is 2.30 bits per heavy atom. The normalized spacial score (nSPS) is 25.1. The highest BCUT2D eigenvalue weighted by molar-refractivity contribution is 5.84. The van der Waals surface area contributed by atoms with Crippen molar-refractivity contribution < 1.29 is 14.6 Å². The molecule has 2 fully saturated rings. The van der Waals surface area contributed by atoms with E-state index in [9.17, 15) is 25.0 Å². The van der Waals surface area contributed by atoms with Crippen molar-refractivity contribution in [1.29, 1.82) is 0 Å². The van der Waals surface area contributed by atoms with Gasteiger partial charge in [-0.15, -0.1) is 0 Å². The summed E-state index contributed by atoms with van der Waals surface area (Å²) < 4.78 is 0. The zero-order valence-corrected chi connectivity index (χ0v) is 12.2. The number of nitrogens with zero attached hydrogens (tertiary/aromatic N) is 2. The van der Waals surface area contributed by atoms with Crippen LogP contribution in [0.1, 0.15) is 25.7 Å². The summed E-state index contributed by atoms with van der Waals surface area (Å²) in [6, 6.07) is 3.24. The smallest absolute Gasteiger partial charge is 0.292 e. The highest BCUT2D eigenvalue weighted by atomic mass is 16.6. The van der Waals surface area contributed by atoms with Gasteiger partial charge >= 0.3 is 5.69 Å². The molecule has 9 heteroatoms. The Kier molecular flexibility index (Phi) is 3.85. The van der Waals surface area contributed by atoms with Gasteiger partial charge in [-0.1, -0.05) is 12.8 Å². The first kappa shape index (κ1) is 15.2. The Labute approximate surface area is 131 Å². The van der Waals surface area contributed by atoms with Crippen LogP contribution < -0.4 is 10.9 Å². The lowest BCUT2D eigenvalue weighted by Gasteiger charge is -2.08. The molecule has 2 aliphatic carbocycles. The summed E-state index contributed by atoms with van der Waals surface area (Å²) in [5, 5.41) is 21.7. The van der Waals surface area contributed by atoms with Crippen LogP contribution in [0.2, 0.25) is 0 Å². The molecule has 0 heterocycles. The number of hydrazine groups is 1. The van der Waals surface area contributed by atoms with Crippen LogP contribution in [0.5, 0.6) is 0 Å². The topological polar surface area (TPSA) is 127 Å². The largest absolute Gasteiger partial charge is 0.300 e. The van der Waals surface area contributed by atoms with Gasteiger partial charge in [-0.3, -0.25) is 35.9 Å². The van der Waals surface area contributed by atoms with Crippen molar-refractivity contribution in [2.75, 3.05) is 5.43 Å². The zero-order valence-electron chi connectivity index (χ0n) is 12.2. The maximum atomic E-state index is 12.1. The molecule has 1 aromatic carbocycles. The summed E-state index contributed by atoms with van der Waals surface area (Å²) in [6.07, 6.45) is 4.40. The fraction of sp³-hybridized carbons (Fsp3) is 0.500. The number of rotatable bonds is 5. The molecule has 3 rings (SSSR count). The Morgan fingerprint density at radius 2 is 1.74 bits per heavy atom. The number of benzene rings is 1. The molecular formula is C14H16N4O5. The molecule has 0 aliphatic heterocycles. The lowest BCUT2D eigenvalue weighted by atomic mass is 10.0. The van der Waals surface area contributed by atoms with E-state index in [0.29, 0.717) is 11.8 Å². The Balaban J connectivity index is 1.67. The third kappa shape index (κ3) is 2.94. The molecule has 2 atom stereocenters. The lowest BCUT2D eigenvalue weighted by molar-refractivity contribution is -0.393. The van der Waals surface area contributed by atoms with Gasteiger partial charge in [0.25, 0.3) is 5.69 Å². The van der Waals surface area contributed by atoms with Gasteiger partial charge in [0.2, 0.25) is 5.91 Å². The van der Waals surface area contributed by atoms with Crippen LogP contribution in [-0.2, 0) is 4.79 Å². The van der Waals surface area contributed by atoms with Crippen molar-refractivity contribution in [2.24, 2.45) is 17.8 Å². The van der Waals surface area contributed by atoms with E-state index < -0.39 is 15.5 Å². The summed E-state index contributed by atoms with van der Waals surface area (Å²) in [7, 11) is 0. The second-order valence-corrected chi connectivity index (χ2v) is 5.97. The molecule has 1 aromatic rings. The van der Waals surface area contributed by atoms with Crippen LogP contribution in [0.3, 0.4) is 0 Å². The second-order valence-electron chi connectivity index (χ2n) is 5.97. The average Bonchev–Trinajstić information content (AvgIpc) is 3.26. The number of fused-ring (bicyclic) bond motifs is 1. The molecule has 0 unspecified atom stereocenters. The third-order valence-corrected chi connectivity index (χ3v) is 4.67. The molecule has 23 heavy (non-hydrogen) atoms. The van der Waals surface area contributed by atoms with E-state index in [0.717, 1.165) is 37.8 Å². The molecule has 1 amide bonds. The molecule has 2 aliphatic rings. The zero-order chi connectivity index (χ0) is 16.6. The van der Waals surface area contributed by atoms with E-state index in [1.165, 1.54) is 6.07 Å². The maximum absolute atomic E-state index is 12.1. The highest BCUT2D eigenvalue weighted by Crippen LogP contribution is 2.55. The van der Waals surface area contributed by atoms with Gasteiger partial charge in [0.1, 0.15) is 5.69 Å². The minimum absolute atomic E-state index is 0.0255. The van der Waals surface area contributed by atoms with E-state index in [-0.39, 0.29) is 23.2 Å². The third-order valence-electron chi connectivity index (χ3n) is 4.67. The molecule has 0 radical (unpaired) electrons. The molecule has 9 nitrogen and oxygen atoms in total. The van der Waals surface area contributed by atoms with E-state index in [2.05, 4.69) is 10.9 Å². The fourth-order valence-electron chi connectivity index (χ4n) is 3.48. The number of hydrogen-bond donors (Lipinski definition) is 2. The predicted molar refractivity (Wildman–Crippen MR) is 80.5 cm³/mol. The molecule has 2 saturated carbocycles. The first-order valence-electron chi connectivity index (χ1n) is 7.47. The van der Waals surface area contributed by atoms with E-state index >= 15 is 0 Å². The number of carbonyl (C=O) groups is 1. The number of amides is 1. The molecule has 0 saturated heterocycles. The number of nitro benzene ring substituents is 2. The number of anilines is 1. The molecule has 0 bridgehead atoms. The average molecular weight is 320 g/mol. The van der Waals surface area contributed by atoms with Crippen molar-refractivity contribution in [3.05, 3.63) is 38.4 Å². The Hall–Kier alpha value is -2.71. The van der Waals surface area contributed by atoms with Crippen molar-refractivity contribution in [3.8, 4) is 0 Å². The van der Waals surface area contributed by atoms with Gasteiger partial charge in [-0.05, 0) is 30.7 Å². The van der Waals surface area contributed by atoms with Crippen LogP contribution >= 0.6 is 0 Å². The van der Waals surface area contributed by atoms with E-state index in [1.54, 1.807) is 0 Å². The van der Waals surface area contributed by atoms with Crippen LogP contribution in [0.25, 0.3) is 0 Å². The fourth-order valence-corrected chi connectivity index (χ4v) is 3.48. The molecular weight excluding hydrogens is 304 g/mol. The number of hydrogen-bond acceptors (Lipinski definition) is 6. The summed E-state index contributed by atoms with van der Waals surface area (Å²) in [6.45, 7) is 0.